The van der Waals surface area contributed by atoms with Crippen LogP contribution in [0.5, 0.6) is 0 Å². The Labute approximate surface area is 138 Å². The first kappa shape index (κ1) is 15.9. The van der Waals surface area contributed by atoms with E-state index in [4.69, 9.17) is 4.42 Å². The van der Waals surface area contributed by atoms with E-state index in [0.29, 0.717) is 11.3 Å². The fraction of sp³-hybridized carbons (Fsp3) is 0.222. The minimum atomic E-state index is -0.352. The number of carbonyl (C=O) groups is 1. The molecule has 24 heavy (non-hydrogen) atoms. The van der Waals surface area contributed by atoms with E-state index in [2.05, 4.69) is 15.6 Å². The van der Waals surface area contributed by atoms with Crippen LogP contribution in [0.25, 0.3) is 11.0 Å². The smallest absolute Gasteiger partial charge is 0.315 e. The molecule has 0 radical (unpaired) electrons. The number of rotatable bonds is 4. The van der Waals surface area contributed by atoms with Crippen molar-refractivity contribution in [3.05, 3.63) is 69.3 Å². The number of hydrogen-bond acceptors (Lipinski definition) is 3. The third kappa shape index (κ3) is 3.48. The van der Waals surface area contributed by atoms with Crippen LogP contribution in [0.15, 0.2) is 45.6 Å². The second kappa shape index (κ2) is 6.62. The number of furan rings is 1. The average Bonchev–Trinajstić information content (AvgIpc) is 2.94. The molecule has 6 nitrogen and oxygen atoms in total. The maximum atomic E-state index is 11.9. The molecule has 0 spiro atoms. The van der Waals surface area contributed by atoms with Gasteiger partial charge in [0.2, 0.25) is 0 Å². The highest BCUT2D eigenvalue weighted by molar-refractivity contribution is 5.78. The van der Waals surface area contributed by atoms with E-state index in [1.165, 1.54) is 0 Å². The molecule has 124 valence electrons. The van der Waals surface area contributed by atoms with E-state index in [-0.39, 0.29) is 24.7 Å². The van der Waals surface area contributed by atoms with Gasteiger partial charge < -0.3 is 20.0 Å². The number of pyridine rings is 1. The fourth-order valence-corrected chi connectivity index (χ4v) is 2.62. The van der Waals surface area contributed by atoms with Gasteiger partial charge in [-0.2, -0.15) is 0 Å². The number of amides is 2. The van der Waals surface area contributed by atoms with E-state index >= 15 is 0 Å². The van der Waals surface area contributed by atoms with Crippen molar-refractivity contribution >= 4 is 17.0 Å². The van der Waals surface area contributed by atoms with Gasteiger partial charge >= 0.3 is 6.03 Å². The van der Waals surface area contributed by atoms with Crippen LogP contribution in [0.4, 0.5) is 4.79 Å². The second-order valence-corrected chi connectivity index (χ2v) is 5.73. The fourth-order valence-electron chi connectivity index (χ4n) is 2.62. The first-order valence-corrected chi connectivity index (χ1v) is 7.71. The number of aromatic nitrogens is 1. The molecule has 1 aromatic carbocycles. The summed E-state index contributed by atoms with van der Waals surface area (Å²) < 4.78 is 5.64. The Morgan fingerprint density at radius 3 is 2.62 bits per heavy atom. The van der Waals surface area contributed by atoms with Gasteiger partial charge in [0.15, 0.2) is 0 Å². The summed E-state index contributed by atoms with van der Waals surface area (Å²) in [6, 6.07) is 11.1. The highest BCUT2D eigenvalue weighted by atomic mass is 16.3. The molecule has 0 aliphatic heterocycles. The summed E-state index contributed by atoms with van der Waals surface area (Å²) in [5.74, 6) is 0.677. The SMILES string of the molecule is Cc1cc(C)c(CNC(=O)NCc2cc3ccccc3o2)c(=O)[nH]1. The van der Waals surface area contributed by atoms with Gasteiger partial charge in [0.05, 0.1) is 13.1 Å². The zero-order chi connectivity index (χ0) is 17.1. The maximum absolute atomic E-state index is 11.9. The predicted octanol–water partition coefficient (Wildman–Crippen LogP) is 2.74. The lowest BCUT2D eigenvalue weighted by atomic mass is 10.1. The third-order valence-electron chi connectivity index (χ3n) is 3.82. The van der Waals surface area contributed by atoms with Crippen molar-refractivity contribution in [2.75, 3.05) is 0 Å². The standard InChI is InChI=1S/C18H19N3O3/c1-11-7-12(2)21-17(22)15(11)10-20-18(23)19-9-14-8-13-5-3-4-6-16(13)24-14/h3-8H,9-10H2,1-2H3,(H,21,22)(H2,19,20,23). The first-order valence-electron chi connectivity index (χ1n) is 7.71. The molecular formula is C18H19N3O3. The van der Waals surface area contributed by atoms with Crippen molar-refractivity contribution in [3.63, 3.8) is 0 Å². The third-order valence-corrected chi connectivity index (χ3v) is 3.82. The number of fused-ring (bicyclic) bond motifs is 1. The number of H-pyrrole nitrogens is 1. The Morgan fingerprint density at radius 1 is 1.12 bits per heavy atom. The molecular weight excluding hydrogens is 306 g/mol. The van der Waals surface area contributed by atoms with E-state index in [1.807, 2.05) is 50.2 Å². The normalized spacial score (nSPS) is 10.8. The summed E-state index contributed by atoms with van der Waals surface area (Å²) in [5.41, 5.74) is 2.82. The van der Waals surface area contributed by atoms with Gasteiger partial charge in [-0.1, -0.05) is 18.2 Å². The zero-order valence-corrected chi connectivity index (χ0v) is 13.6. The number of carbonyl (C=O) groups excluding carboxylic acids is 1. The van der Waals surface area contributed by atoms with Crippen LogP contribution in [-0.4, -0.2) is 11.0 Å². The van der Waals surface area contributed by atoms with E-state index in [1.54, 1.807) is 0 Å². The Kier molecular flexibility index (Phi) is 4.37. The van der Waals surface area contributed by atoms with Crippen LogP contribution in [0.3, 0.4) is 0 Å². The molecule has 2 amide bonds. The summed E-state index contributed by atoms with van der Waals surface area (Å²) in [5, 5.41) is 6.41. The van der Waals surface area contributed by atoms with Gasteiger partial charge in [-0.3, -0.25) is 4.79 Å². The zero-order valence-electron chi connectivity index (χ0n) is 13.6. The molecule has 0 saturated heterocycles. The van der Waals surface area contributed by atoms with Gasteiger partial charge in [0.25, 0.3) is 5.56 Å². The lowest BCUT2D eigenvalue weighted by Gasteiger charge is -2.08. The van der Waals surface area contributed by atoms with Gasteiger partial charge in [0, 0.05) is 16.6 Å². The average molecular weight is 325 g/mol. The van der Waals surface area contributed by atoms with E-state index in [0.717, 1.165) is 22.2 Å². The van der Waals surface area contributed by atoms with E-state index < -0.39 is 0 Å². The summed E-state index contributed by atoms with van der Waals surface area (Å²) in [4.78, 5) is 26.6. The number of benzene rings is 1. The molecule has 0 unspecified atom stereocenters. The number of nitrogens with one attached hydrogen (secondary N) is 3. The Balaban J connectivity index is 1.57. The van der Waals surface area contributed by atoms with Crippen molar-refractivity contribution in [2.45, 2.75) is 26.9 Å². The monoisotopic (exact) mass is 325 g/mol. The van der Waals surface area contributed by atoms with Crippen LogP contribution < -0.4 is 16.2 Å². The number of hydrogen-bond donors (Lipinski definition) is 3. The number of para-hydroxylation sites is 1. The lowest BCUT2D eigenvalue weighted by molar-refractivity contribution is 0.239. The summed E-state index contributed by atoms with van der Waals surface area (Å²) >= 11 is 0. The van der Waals surface area contributed by atoms with Gasteiger partial charge in [0.1, 0.15) is 11.3 Å². The molecule has 0 aliphatic rings. The maximum Gasteiger partial charge on any atom is 0.315 e. The molecule has 0 bridgehead atoms. The molecule has 3 N–H and O–H groups in total. The molecule has 3 aromatic rings. The minimum Gasteiger partial charge on any atom is -0.459 e. The Hall–Kier alpha value is -3.02. The summed E-state index contributed by atoms with van der Waals surface area (Å²) in [6.07, 6.45) is 0. The first-order chi connectivity index (χ1) is 11.5. The predicted molar refractivity (Wildman–Crippen MR) is 91.8 cm³/mol. The van der Waals surface area contributed by atoms with Crippen LogP contribution in [0, 0.1) is 13.8 Å². The van der Waals surface area contributed by atoms with Gasteiger partial charge in [-0.15, -0.1) is 0 Å². The summed E-state index contributed by atoms with van der Waals surface area (Å²) in [6.45, 7) is 4.13. The number of aryl methyl sites for hydroxylation is 2. The van der Waals surface area contributed by atoms with Crippen molar-refractivity contribution in [1.29, 1.82) is 0 Å². The van der Waals surface area contributed by atoms with Gasteiger partial charge in [-0.05, 0) is 37.6 Å². The van der Waals surface area contributed by atoms with Crippen molar-refractivity contribution in [2.24, 2.45) is 0 Å². The molecule has 0 aliphatic carbocycles. The van der Waals surface area contributed by atoms with Crippen LogP contribution in [0.2, 0.25) is 0 Å². The van der Waals surface area contributed by atoms with Crippen LogP contribution >= 0.6 is 0 Å². The largest absolute Gasteiger partial charge is 0.459 e. The molecule has 2 heterocycles. The van der Waals surface area contributed by atoms with Crippen molar-refractivity contribution in [1.82, 2.24) is 15.6 Å². The van der Waals surface area contributed by atoms with Crippen LogP contribution in [-0.2, 0) is 13.1 Å². The Bertz CT molecular complexity index is 907. The Morgan fingerprint density at radius 2 is 1.88 bits per heavy atom. The van der Waals surface area contributed by atoms with E-state index in [9.17, 15) is 9.59 Å². The lowest BCUT2D eigenvalue weighted by Crippen LogP contribution is -2.36. The molecule has 6 heteroatoms. The topological polar surface area (TPSA) is 87.1 Å². The molecule has 3 rings (SSSR count). The summed E-state index contributed by atoms with van der Waals surface area (Å²) in [7, 11) is 0. The molecule has 0 fully saturated rings. The van der Waals surface area contributed by atoms with Crippen molar-refractivity contribution < 1.29 is 9.21 Å². The molecule has 0 atom stereocenters. The second-order valence-electron chi connectivity index (χ2n) is 5.73. The highest BCUT2D eigenvalue weighted by Crippen LogP contribution is 2.18. The highest BCUT2D eigenvalue weighted by Gasteiger charge is 2.08. The number of aromatic amines is 1. The minimum absolute atomic E-state index is 0.174. The quantitative estimate of drug-likeness (QED) is 0.689. The van der Waals surface area contributed by atoms with Crippen LogP contribution in [0.1, 0.15) is 22.6 Å². The molecule has 2 aromatic heterocycles. The van der Waals surface area contributed by atoms with Crippen molar-refractivity contribution in [3.8, 4) is 0 Å². The van der Waals surface area contributed by atoms with Gasteiger partial charge in [-0.25, -0.2) is 4.79 Å². The molecule has 0 saturated carbocycles. The number of urea groups is 1.